The first-order chi connectivity index (χ1) is 9.38. The summed E-state index contributed by atoms with van der Waals surface area (Å²) in [5.74, 6) is 4.19. The van der Waals surface area contributed by atoms with E-state index in [9.17, 15) is 0 Å². The van der Waals surface area contributed by atoms with Gasteiger partial charge in [0.05, 0.1) is 6.33 Å². The molecule has 0 saturated heterocycles. The first-order valence-electron chi connectivity index (χ1n) is 8.07. The summed E-state index contributed by atoms with van der Waals surface area (Å²) < 4.78 is 2.18. The number of aryl methyl sites for hydroxylation is 1. The van der Waals surface area contributed by atoms with E-state index in [4.69, 9.17) is 0 Å². The first kappa shape index (κ1) is 12.0. The summed E-state index contributed by atoms with van der Waals surface area (Å²) in [5, 5.41) is 3.89. The molecule has 0 spiro atoms. The average Bonchev–Trinajstić information content (AvgIpc) is 2.89. The molecule has 4 saturated carbocycles. The van der Waals surface area contributed by atoms with Gasteiger partial charge in [-0.3, -0.25) is 0 Å². The van der Waals surface area contributed by atoms with E-state index in [1.165, 1.54) is 38.6 Å². The Morgan fingerprint density at radius 2 is 1.79 bits per heavy atom. The van der Waals surface area contributed by atoms with Crippen LogP contribution in [0.1, 0.15) is 38.5 Å². The molecule has 5 rings (SSSR count). The molecule has 1 heterocycles. The second-order valence-corrected chi connectivity index (χ2v) is 7.06. The molecule has 0 unspecified atom stereocenters. The molecule has 0 amide bonds. The second kappa shape index (κ2) is 4.93. The number of hydrogen-bond acceptors (Lipinski definition) is 2. The van der Waals surface area contributed by atoms with Gasteiger partial charge in [0, 0.05) is 25.0 Å². The maximum Gasteiger partial charge on any atom is 0.0945 e. The van der Waals surface area contributed by atoms with E-state index in [1.54, 1.807) is 6.42 Å². The Kier molecular flexibility index (Phi) is 3.10. The van der Waals surface area contributed by atoms with Gasteiger partial charge in [0.15, 0.2) is 0 Å². The zero-order valence-corrected chi connectivity index (χ0v) is 11.7. The third-order valence-corrected chi connectivity index (χ3v) is 5.76. The van der Waals surface area contributed by atoms with Crippen LogP contribution in [0.4, 0.5) is 0 Å². The number of imidazole rings is 1. The summed E-state index contributed by atoms with van der Waals surface area (Å²) >= 11 is 0. The van der Waals surface area contributed by atoms with E-state index in [-0.39, 0.29) is 0 Å². The molecule has 0 aliphatic heterocycles. The van der Waals surface area contributed by atoms with Gasteiger partial charge < -0.3 is 9.88 Å². The van der Waals surface area contributed by atoms with E-state index in [0.717, 1.165) is 36.3 Å². The number of nitrogens with one attached hydrogen (secondary N) is 1. The maximum absolute atomic E-state index is 4.09. The van der Waals surface area contributed by atoms with Crippen LogP contribution in [-0.4, -0.2) is 22.1 Å². The van der Waals surface area contributed by atoms with Crippen molar-refractivity contribution < 1.29 is 0 Å². The predicted octanol–water partition coefficient (Wildman–Crippen LogP) is 2.69. The molecule has 0 aromatic carbocycles. The smallest absolute Gasteiger partial charge is 0.0945 e. The van der Waals surface area contributed by atoms with Crippen LogP contribution in [0.15, 0.2) is 18.7 Å². The Bertz CT molecular complexity index is 384. The van der Waals surface area contributed by atoms with Crippen LogP contribution >= 0.6 is 0 Å². The Balaban J connectivity index is 1.27. The minimum atomic E-state index is 0.843. The fraction of sp³-hybridized carbons (Fsp3) is 0.812. The van der Waals surface area contributed by atoms with Crippen LogP contribution in [0.3, 0.4) is 0 Å². The molecule has 4 aliphatic rings. The van der Waals surface area contributed by atoms with Gasteiger partial charge >= 0.3 is 0 Å². The van der Waals surface area contributed by atoms with E-state index in [2.05, 4.69) is 21.1 Å². The molecule has 4 bridgehead atoms. The van der Waals surface area contributed by atoms with Gasteiger partial charge in [-0.25, -0.2) is 4.98 Å². The van der Waals surface area contributed by atoms with Crippen molar-refractivity contribution in [2.45, 2.75) is 51.1 Å². The van der Waals surface area contributed by atoms with Crippen molar-refractivity contribution in [3.63, 3.8) is 0 Å². The summed E-state index contributed by atoms with van der Waals surface area (Å²) in [6, 6.07) is 0.843. The van der Waals surface area contributed by atoms with Crippen molar-refractivity contribution >= 4 is 0 Å². The van der Waals surface area contributed by atoms with Gasteiger partial charge in [-0.15, -0.1) is 0 Å². The van der Waals surface area contributed by atoms with Gasteiger partial charge in [-0.2, -0.15) is 0 Å². The van der Waals surface area contributed by atoms with Crippen molar-refractivity contribution in [1.82, 2.24) is 14.9 Å². The van der Waals surface area contributed by atoms with E-state index >= 15 is 0 Å². The fourth-order valence-corrected chi connectivity index (χ4v) is 5.21. The normalized spacial score (nSPS) is 39.9. The van der Waals surface area contributed by atoms with Crippen LogP contribution in [0.5, 0.6) is 0 Å². The molecule has 19 heavy (non-hydrogen) atoms. The standard InChI is InChI=1S/C16H25N3/c1(4-19-5-3-17-11-19)2-18-16-14-7-12-6-13(9-14)10-15(16)8-12/h3,5,11-16,18H,1-2,4,6-10H2. The molecular formula is C16H25N3. The molecule has 104 valence electrons. The van der Waals surface area contributed by atoms with E-state index in [1.807, 2.05) is 12.5 Å². The number of aromatic nitrogens is 2. The molecule has 0 radical (unpaired) electrons. The van der Waals surface area contributed by atoms with Crippen molar-refractivity contribution in [1.29, 1.82) is 0 Å². The van der Waals surface area contributed by atoms with Crippen LogP contribution in [0.2, 0.25) is 0 Å². The first-order valence-corrected chi connectivity index (χ1v) is 8.07. The number of nitrogens with zero attached hydrogens (tertiary/aromatic N) is 2. The zero-order chi connectivity index (χ0) is 12.7. The largest absolute Gasteiger partial charge is 0.337 e. The minimum absolute atomic E-state index is 0.843. The highest BCUT2D eigenvalue weighted by Gasteiger charge is 2.47. The summed E-state index contributed by atoms with van der Waals surface area (Å²) in [5.41, 5.74) is 0. The lowest BCUT2D eigenvalue weighted by Gasteiger charge is -2.54. The fourth-order valence-electron chi connectivity index (χ4n) is 5.21. The second-order valence-electron chi connectivity index (χ2n) is 7.06. The third-order valence-electron chi connectivity index (χ3n) is 5.76. The third kappa shape index (κ3) is 2.33. The molecular weight excluding hydrogens is 234 g/mol. The van der Waals surface area contributed by atoms with Gasteiger partial charge in [0.25, 0.3) is 0 Å². The van der Waals surface area contributed by atoms with Gasteiger partial charge in [0.1, 0.15) is 0 Å². The van der Waals surface area contributed by atoms with E-state index < -0.39 is 0 Å². The van der Waals surface area contributed by atoms with Crippen molar-refractivity contribution in [3.8, 4) is 0 Å². The summed E-state index contributed by atoms with van der Waals surface area (Å²) in [4.78, 5) is 4.09. The molecule has 1 N–H and O–H groups in total. The number of hydrogen-bond donors (Lipinski definition) is 1. The Hall–Kier alpha value is -0.830. The maximum atomic E-state index is 4.09. The zero-order valence-electron chi connectivity index (χ0n) is 11.7. The lowest BCUT2D eigenvalue weighted by atomic mass is 9.54. The molecule has 1 aromatic heterocycles. The van der Waals surface area contributed by atoms with Crippen LogP contribution in [0, 0.1) is 23.7 Å². The van der Waals surface area contributed by atoms with Crippen LogP contribution in [-0.2, 0) is 6.54 Å². The lowest BCUT2D eigenvalue weighted by Crippen LogP contribution is -2.54. The highest BCUT2D eigenvalue weighted by Crippen LogP contribution is 2.53. The monoisotopic (exact) mass is 259 g/mol. The van der Waals surface area contributed by atoms with Crippen molar-refractivity contribution in [2.75, 3.05) is 6.54 Å². The van der Waals surface area contributed by atoms with Crippen molar-refractivity contribution in [3.05, 3.63) is 18.7 Å². The SMILES string of the molecule is c1cn(CCCNC2C3CC4CC(C3)CC2C4)cn1. The summed E-state index contributed by atoms with van der Waals surface area (Å²) in [6.07, 6.45) is 14.7. The molecule has 4 fully saturated rings. The predicted molar refractivity (Wildman–Crippen MR) is 75.7 cm³/mol. The molecule has 0 atom stereocenters. The van der Waals surface area contributed by atoms with Gasteiger partial charge in [0.2, 0.25) is 0 Å². The topological polar surface area (TPSA) is 29.9 Å². The van der Waals surface area contributed by atoms with Gasteiger partial charge in [-0.1, -0.05) is 0 Å². The van der Waals surface area contributed by atoms with E-state index in [0.29, 0.717) is 0 Å². The van der Waals surface area contributed by atoms with Crippen LogP contribution in [0.25, 0.3) is 0 Å². The highest BCUT2D eigenvalue weighted by atomic mass is 15.0. The number of rotatable bonds is 5. The average molecular weight is 259 g/mol. The molecule has 3 heteroatoms. The quantitative estimate of drug-likeness (QED) is 0.824. The lowest BCUT2D eigenvalue weighted by molar-refractivity contribution is -0.0136. The Morgan fingerprint density at radius 1 is 1.05 bits per heavy atom. The molecule has 1 aromatic rings. The Labute approximate surface area is 115 Å². The Morgan fingerprint density at radius 3 is 2.42 bits per heavy atom. The van der Waals surface area contributed by atoms with Crippen LogP contribution < -0.4 is 5.32 Å². The minimum Gasteiger partial charge on any atom is -0.337 e. The molecule has 3 nitrogen and oxygen atoms in total. The summed E-state index contributed by atoms with van der Waals surface area (Å²) in [7, 11) is 0. The highest BCUT2D eigenvalue weighted by molar-refractivity contribution is 5.01. The van der Waals surface area contributed by atoms with Gasteiger partial charge in [-0.05, 0) is 68.7 Å². The molecule has 4 aliphatic carbocycles. The summed E-state index contributed by atoms with van der Waals surface area (Å²) in [6.45, 7) is 2.27. The van der Waals surface area contributed by atoms with Crippen molar-refractivity contribution in [2.24, 2.45) is 23.7 Å².